The number of nitrogens with one attached hydrogen (secondary N) is 1. The third-order valence-electron chi connectivity index (χ3n) is 11.8. The maximum atomic E-state index is 3.71. The molecular weight excluding hydrogens is 641 g/mol. The number of rotatable bonds is 6. The average molecular weight is 683 g/mol. The molecule has 2 nitrogen and oxygen atoms in total. The highest BCUT2D eigenvalue weighted by Gasteiger charge is 2.35. The second-order valence-corrected chi connectivity index (χ2v) is 15.3. The Hall–Kier alpha value is -6.12. The number of aromatic nitrogens is 1. The van der Waals surface area contributed by atoms with Gasteiger partial charge in [-0.2, -0.15) is 0 Å². The maximum absolute atomic E-state index is 3.71. The van der Waals surface area contributed by atoms with Gasteiger partial charge >= 0.3 is 0 Å². The number of H-pyrrole nitrogens is 1. The summed E-state index contributed by atoms with van der Waals surface area (Å²) in [5.74, 6) is 0. The van der Waals surface area contributed by atoms with Gasteiger partial charge in [-0.1, -0.05) is 123 Å². The van der Waals surface area contributed by atoms with Gasteiger partial charge in [-0.05, 0) is 141 Å². The fraction of sp³-hybridized carbons (Fsp3) is 0.137. The van der Waals surface area contributed by atoms with E-state index in [1.165, 1.54) is 97.1 Å². The number of aromatic amines is 1. The molecule has 7 aromatic carbocycles. The fourth-order valence-electron chi connectivity index (χ4n) is 9.00. The van der Waals surface area contributed by atoms with Crippen LogP contribution < -0.4 is 4.90 Å². The Morgan fingerprint density at radius 1 is 0.453 bits per heavy atom. The van der Waals surface area contributed by atoms with Gasteiger partial charge in [-0.3, -0.25) is 0 Å². The number of nitrogens with zero attached hydrogens (tertiary/aromatic N) is 1. The molecule has 0 saturated carbocycles. The van der Waals surface area contributed by atoms with Gasteiger partial charge in [0.15, 0.2) is 0 Å². The van der Waals surface area contributed by atoms with Gasteiger partial charge in [0.25, 0.3) is 0 Å². The molecule has 0 saturated heterocycles. The van der Waals surface area contributed by atoms with Gasteiger partial charge in [0.1, 0.15) is 0 Å². The zero-order valence-electron chi connectivity index (χ0n) is 30.4. The second kappa shape index (κ2) is 12.5. The molecular formula is C51H42N2. The number of hydrogen-bond donors (Lipinski definition) is 1. The molecule has 1 aromatic heterocycles. The molecule has 8 aromatic rings. The lowest BCUT2D eigenvalue weighted by Gasteiger charge is -2.28. The Morgan fingerprint density at radius 2 is 1.06 bits per heavy atom. The van der Waals surface area contributed by atoms with Gasteiger partial charge in [-0.15, -0.1) is 0 Å². The lowest BCUT2D eigenvalue weighted by atomic mass is 9.82. The lowest BCUT2D eigenvalue weighted by Crippen LogP contribution is -2.16. The zero-order valence-corrected chi connectivity index (χ0v) is 30.4. The molecule has 0 fully saturated rings. The first kappa shape index (κ1) is 31.6. The molecule has 0 unspecified atom stereocenters. The van der Waals surface area contributed by atoms with Crippen molar-refractivity contribution in [3.8, 4) is 44.5 Å². The predicted molar refractivity (Wildman–Crippen MR) is 223 cm³/mol. The van der Waals surface area contributed by atoms with Gasteiger partial charge in [0.2, 0.25) is 0 Å². The normalized spacial score (nSPS) is 14.1. The van der Waals surface area contributed by atoms with E-state index in [-0.39, 0.29) is 5.41 Å². The quantitative estimate of drug-likeness (QED) is 0.185. The van der Waals surface area contributed by atoms with E-state index in [4.69, 9.17) is 0 Å². The highest BCUT2D eigenvalue weighted by Crippen LogP contribution is 2.51. The first-order valence-electron chi connectivity index (χ1n) is 19.1. The van der Waals surface area contributed by atoms with Crippen LogP contribution in [0.2, 0.25) is 0 Å². The topological polar surface area (TPSA) is 19.0 Å². The smallest absolute Gasteiger partial charge is 0.0467 e. The maximum Gasteiger partial charge on any atom is 0.0467 e. The van der Waals surface area contributed by atoms with Crippen molar-refractivity contribution in [1.29, 1.82) is 0 Å². The molecule has 0 spiro atoms. The van der Waals surface area contributed by atoms with Crippen molar-refractivity contribution in [2.24, 2.45) is 0 Å². The van der Waals surface area contributed by atoms with E-state index in [9.17, 15) is 0 Å². The summed E-state index contributed by atoms with van der Waals surface area (Å²) < 4.78 is 0. The summed E-state index contributed by atoms with van der Waals surface area (Å²) >= 11 is 0. The van der Waals surface area contributed by atoms with Crippen LogP contribution in [0, 0.1) is 0 Å². The largest absolute Gasteiger partial charge is 0.358 e. The molecule has 10 rings (SSSR count). The minimum atomic E-state index is -0.0875. The van der Waals surface area contributed by atoms with Crippen molar-refractivity contribution in [3.05, 3.63) is 186 Å². The monoisotopic (exact) mass is 682 g/mol. The van der Waals surface area contributed by atoms with E-state index in [0.29, 0.717) is 0 Å². The number of hydrogen-bond acceptors (Lipinski definition) is 1. The van der Waals surface area contributed by atoms with E-state index in [0.717, 1.165) is 23.5 Å². The molecule has 0 radical (unpaired) electrons. The summed E-state index contributed by atoms with van der Waals surface area (Å²) in [6, 6.07) is 60.6. The SMILES string of the molecule is CC1(C)c2ccccc2-c2ccc(N(c3ccc(-c4ccccc4)cc3)c3cccc(-c4cccc(-c5ccc6[nH]c7c(c6c5)CCCC7)c4)c3)cc21. The van der Waals surface area contributed by atoms with Gasteiger partial charge in [-0.25, -0.2) is 0 Å². The van der Waals surface area contributed by atoms with Crippen molar-refractivity contribution in [1.82, 2.24) is 4.98 Å². The van der Waals surface area contributed by atoms with Crippen LogP contribution in [0.25, 0.3) is 55.4 Å². The summed E-state index contributed by atoms with van der Waals surface area (Å²) in [7, 11) is 0. The lowest BCUT2D eigenvalue weighted by molar-refractivity contribution is 0.660. The molecule has 0 amide bonds. The number of aryl methyl sites for hydroxylation is 2. The first-order valence-corrected chi connectivity index (χ1v) is 19.1. The van der Waals surface area contributed by atoms with Crippen LogP contribution in [0.5, 0.6) is 0 Å². The van der Waals surface area contributed by atoms with E-state index in [1.54, 1.807) is 0 Å². The standard InChI is InChI=1S/C51H42N2/c1-51(2)47-20-8-6-18-43(47)44-28-27-42(33-48(44)51)53(40-25-22-35(23-26-40)34-12-4-3-5-13-34)41-17-11-16-38(31-41)36-14-10-15-37(30-36)39-24-29-50-46(32-39)45-19-7-9-21-49(45)52-50/h3-6,8,10-18,20,22-33,52H,7,9,19,21H2,1-2H3. The number of anilines is 3. The Morgan fingerprint density at radius 3 is 1.89 bits per heavy atom. The summed E-state index contributed by atoms with van der Waals surface area (Å²) in [6.07, 6.45) is 4.89. The van der Waals surface area contributed by atoms with Gasteiger partial charge in [0.05, 0.1) is 0 Å². The molecule has 0 bridgehead atoms. The highest BCUT2D eigenvalue weighted by molar-refractivity contribution is 5.91. The van der Waals surface area contributed by atoms with Gasteiger partial charge < -0.3 is 9.88 Å². The van der Waals surface area contributed by atoms with Crippen LogP contribution >= 0.6 is 0 Å². The molecule has 2 heteroatoms. The van der Waals surface area contributed by atoms with E-state index in [1.807, 2.05) is 0 Å². The van der Waals surface area contributed by atoms with Crippen LogP contribution in [0.1, 0.15) is 49.1 Å². The van der Waals surface area contributed by atoms with Crippen LogP contribution in [0.3, 0.4) is 0 Å². The molecule has 256 valence electrons. The van der Waals surface area contributed by atoms with Crippen molar-refractivity contribution >= 4 is 28.0 Å². The summed E-state index contributed by atoms with van der Waals surface area (Å²) in [4.78, 5) is 6.13. The van der Waals surface area contributed by atoms with Crippen molar-refractivity contribution in [2.45, 2.75) is 44.9 Å². The van der Waals surface area contributed by atoms with Crippen LogP contribution in [0.4, 0.5) is 17.1 Å². The van der Waals surface area contributed by atoms with E-state index in [2.05, 4.69) is 188 Å². The predicted octanol–water partition coefficient (Wildman–Crippen LogP) is 13.8. The Bertz CT molecular complexity index is 2640. The van der Waals surface area contributed by atoms with Crippen molar-refractivity contribution < 1.29 is 0 Å². The Labute approximate surface area is 312 Å². The van der Waals surface area contributed by atoms with E-state index < -0.39 is 0 Å². The summed E-state index contributed by atoms with van der Waals surface area (Å²) in [5.41, 5.74) is 20.3. The Balaban J connectivity index is 1.06. The average Bonchev–Trinajstić information content (AvgIpc) is 3.70. The highest BCUT2D eigenvalue weighted by atomic mass is 15.1. The molecule has 1 heterocycles. The summed E-state index contributed by atoms with van der Waals surface area (Å²) in [6.45, 7) is 4.72. The molecule has 1 N–H and O–H groups in total. The van der Waals surface area contributed by atoms with Crippen LogP contribution in [-0.2, 0) is 18.3 Å². The fourth-order valence-corrected chi connectivity index (χ4v) is 9.00. The van der Waals surface area contributed by atoms with Gasteiger partial charge in [0, 0.05) is 39.1 Å². The summed E-state index contributed by atoms with van der Waals surface area (Å²) in [5, 5.41) is 1.39. The van der Waals surface area contributed by atoms with Crippen molar-refractivity contribution in [2.75, 3.05) is 4.90 Å². The number of fused-ring (bicyclic) bond motifs is 6. The minimum absolute atomic E-state index is 0.0875. The molecule has 0 aliphatic heterocycles. The second-order valence-electron chi connectivity index (χ2n) is 15.3. The number of benzene rings is 7. The third-order valence-corrected chi connectivity index (χ3v) is 11.8. The van der Waals surface area contributed by atoms with E-state index >= 15 is 0 Å². The molecule has 53 heavy (non-hydrogen) atoms. The molecule has 2 aliphatic rings. The van der Waals surface area contributed by atoms with Crippen LogP contribution in [-0.4, -0.2) is 4.98 Å². The van der Waals surface area contributed by atoms with Crippen LogP contribution in [0.15, 0.2) is 164 Å². The minimum Gasteiger partial charge on any atom is -0.358 e. The zero-order chi connectivity index (χ0) is 35.5. The third kappa shape index (κ3) is 5.40. The first-order chi connectivity index (χ1) is 26.0. The molecule has 0 atom stereocenters. The van der Waals surface area contributed by atoms with Crippen molar-refractivity contribution in [3.63, 3.8) is 0 Å². The molecule has 2 aliphatic carbocycles. The Kier molecular flexibility index (Phi) is 7.47.